The van der Waals surface area contributed by atoms with E-state index in [0.717, 1.165) is 12.8 Å². The lowest BCUT2D eigenvalue weighted by Gasteiger charge is -2.23. The molecule has 0 aliphatic rings. The van der Waals surface area contributed by atoms with Crippen LogP contribution in [0.2, 0.25) is 0 Å². The number of rotatable bonds is 9. The number of hydrogen-bond acceptors (Lipinski definition) is 2. The normalized spacial score (nSPS) is 13.2. The highest BCUT2D eigenvalue weighted by Crippen LogP contribution is 2.19. The van der Waals surface area contributed by atoms with E-state index in [-0.39, 0.29) is 18.0 Å². The van der Waals surface area contributed by atoms with E-state index in [2.05, 4.69) is 55.7 Å². The van der Waals surface area contributed by atoms with E-state index in [1.54, 1.807) is 24.3 Å². The maximum absolute atomic E-state index is 12.6. The summed E-state index contributed by atoms with van der Waals surface area (Å²) in [4.78, 5) is 23.8. The van der Waals surface area contributed by atoms with Crippen LogP contribution < -0.4 is 16.4 Å². The fraction of sp³-hybridized carbons (Fsp3) is 0.391. The molecule has 0 spiro atoms. The molecule has 0 unspecified atom stereocenters. The van der Waals surface area contributed by atoms with Gasteiger partial charge in [0, 0.05) is 22.7 Å². The van der Waals surface area contributed by atoms with Crippen molar-refractivity contribution in [2.24, 2.45) is 11.7 Å². The third-order valence-electron chi connectivity index (χ3n) is 4.97. The number of amides is 2. The van der Waals surface area contributed by atoms with Gasteiger partial charge in [0.1, 0.15) is 6.04 Å². The van der Waals surface area contributed by atoms with Crippen molar-refractivity contribution in [3.63, 3.8) is 0 Å². The molecule has 2 atom stereocenters. The van der Waals surface area contributed by atoms with Crippen molar-refractivity contribution in [1.29, 1.82) is 0 Å². The Balaban J connectivity index is 2.03. The third-order valence-corrected chi connectivity index (χ3v) is 4.97. The topological polar surface area (TPSA) is 88.8 Å². The molecule has 2 rings (SSSR count). The molecular formula is C23H32N3O2+. The van der Waals surface area contributed by atoms with E-state index >= 15 is 0 Å². The summed E-state index contributed by atoms with van der Waals surface area (Å²) in [5.74, 6) is -0.161. The van der Waals surface area contributed by atoms with Crippen LogP contribution in [0.15, 0.2) is 48.5 Å². The summed E-state index contributed by atoms with van der Waals surface area (Å²) in [5.41, 5.74) is 8.90. The number of anilines is 1. The number of primary amides is 1. The fourth-order valence-electron chi connectivity index (χ4n) is 3.29. The SMILES string of the molecule is CCCc1ccc([C@@H]([NH2+][C@@H](C)C(=O)Nc2ccc(C(N)=O)cc2)C(C)C)cc1. The predicted molar refractivity (Wildman–Crippen MR) is 113 cm³/mol. The van der Waals surface area contributed by atoms with Crippen LogP contribution in [0.1, 0.15) is 61.6 Å². The molecule has 2 amide bonds. The smallest absolute Gasteiger partial charge is 0.282 e. The number of aryl methyl sites for hydroxylation is 1. The Kier molecular flexibility index (Phi) is 7.76. The zero-order valence-corrected chi connectivity index (χ0v) is 17.2. The third kappa shape index (κ3) is 5.92. The minimum Gasteiger partial charge on any atom is -0.366 e. The van der Waals surface area contributed by atoms with Gasteiger partial charge in [-0.15, -0.1) is 0 Å². The van der Waals surface area contributed by atoms with Crippen LogP contribution in [0.4, 0.5) is 5.69 Å². The zero-order chi connectivity index (χ0) is 20.7. The van der Waals surface area contributed by atoms with Crippen LogP contribution in [0.5, 0.6) is 0 Å². The van der Waals surface area contributed by atoms with Crippen LogP contribution in [0.25, 0.3) is 0 Å². The van der Waals surface area contributed by atoms with E-state index in [1.807, 2.05) is 6.92 Å². The van der Waals surface area contributed by atoms with Gasteiger partial charge < -0.3 is 16.4 Å². The molecule has 0 fully saturated rings. The molecule has 0 saturated heterocycles. The lowest BCUT2D eigenvalue weighted by Crippen LogP contribution is -2.93. The van der Waals surface area contributed by atoms with E-state index in [1.165, 1.54) is 11.1 Å². The van der Waals surface area contributed by atoms with Crippen LogP contribution in [0.3, 0.4) is 0 Å². The Labute approximate surface area is 167 Å². The molecule has 150 valence electrons. The van der Waals surface area contributed by atoms with Gasteiger partial charge in [-0.25, -0.2) is 0 Å². The van der Waals surface area contributed by atoms with E-state index in [9.17, 15) is 9.59 Å². The summed E-state index contributed by atoms with van der Waals surface area (Å²) < 4.78 is 0. The van der Waals surface area contributed by atoms with Crippen molar-refractivity contribution in [2.75, 3.05) is 5.32 Å². The lowest BCUT2D eigenvalue weighted by molar-refractivity contribution is -0.718. The molecule has 0 radical (unpaired) electrons. The summed E-state index contributed by atoms with van der Waals surface area (Å²) in [6, 6.07) is 15.3. The maximum atomic E-state index is 12.6. The van der Waals surface area contributed by atoms with Crippen molar-refractivity contribution in [3.05, 3.63) is 65.2 Å². The molecule has 5 N–H and O–H groups in total. The molecule has 0 aliphatic carbocycles. The summed E-state index contributed by atoms with van der Waals surface area (Å²) in [6.45, 7) is 8.44. The average molecular weight is 383 g/mol. The fourth-order valence-corrected chi connectivity index (χ4v) is 3.29. The second kappa shape index (κ2) is 10.0. The first-order valence-electron chi connectivity index (χ1n) is 9.96. The molecular weight excluding hydrogens is 350 g/mol. The first-order chi connectivity index (χ1) is 13.3. The highest BCUT2D eigenvalue weighted by atomic mass is 16.2. The highest BCUT2D eigenvalue weighted by Gasteiger charge is 2.26. The largest absolute Gasteiger partial charge is 0.366 e. The van der Waals surface area contributed by atoms with Gasteiger partial charge >= 0.3 is 0 Å². The van der Waals surface area contributed by atoms with Gasteiger partial charge in [-0.2, -0.15) is 0 Å². The monoisotopic (exact) mass is 382 g/mol. The molecule has 2 aromatic rings. The summed E-state index contributed by atoms with van der Waals surface area (Å²) in [7, 11) is 0. The number of benzene rings is 2. The Morgan fingerprint density at radius 2 is 1.61 bits per heavy atom. The number of carbonyl (C=O) groups excluding carboxylic acids is 2. The van der Waals surface area contributed by atoms with Gasteiger partial charge in [0.15, 0.2) is 6.04 Å². The predicted octanol–water partition coefficient (Wildman–Crippen LogP) is 3.03. The van der Waals surface area contributed by atoms with E-state index < -0.39 is 5.91 Å². The number of quaternary nitrogens is 1. The lowest BCUT2D eigenvalue weighted by atomic mass is 9.94. The zero-order valence-electron chi connectivity index (χ0n) is 17.2. The van der Waals surface area contributed by atoms with Crippen LogP contribution in [-0.2, 0) is 11.2 Å². The molecule has 28 heavy (non-hydrogen) atoms. The Morgan fingerprint density at radius 1 is 1.00 bits per heavy atom. The standard InChI is InChI=1S/C23H31N3O2/c1-5-6-17-7-9-18(10-8-17)21(15(2)3)25-16(4)23(28)26-20-13-11-19(12-14-20)22(24)27/h7-16,21,25H,5-6H2,1-4H3,(H2,24,27)(H,26,28)/p+1/t16-,21-/m0/s1. The van der Waals surface area contributed by atoms with Gasteiger partial charge in [0.25, 0.3) is 5.91 Å². The van der Waals surface area contributed by atoms with Gasteiger partial charge in [0.05, 0.1) is 0 Å². The maximum Gasteiger partial charge on any atom is 0.282 e. The van der Waals surface area contributed by atoms with Gasteiger partial charge in [-0.1, -0.05) is 51.5 Å². The van der Waals surface area contributed by atoms with E-state index in [0.29, 0.717) is 17.2 Å². The molecule has 5 nitrogen and oxygen atoms in total. The quantitative estimate of drug-likeness (QED) is 0.622. The second-order valence-corrected chi connectivity index (χ2v) is 7.67. The van der Waals surface area contributed by atoms with Gasteiger partial charge in [-0.3, -0.25) is 9.59 Å². The molecule has 2 aromatic carbocycles. The van der Waals surface area contributed by atoms with Crippen LogP contribution in [0, 0.1) is 5.92 Å². The molecule has 5 heteroatoms. The van der Waals surface area contributed by atoms with Crippen LogP contribution >= 0.6 is 0 Å². The van der Waals surface area contributed by atoms with Crippen molar-refractivity contribution in [1.82, 2.24) is 0 Å². The number of carbonyl (C=O) groups is 2. The molecule has 0 aromatic heterocycles. The van der Waals surface area contributed by atoms with Crippen molar-refractivity contribution < 1.29 is 14.9 Å². The van der Waals surface area contributed by atoms with Crippen molar-refractivity contribution in [3.8, 4) is 0 Å². The number of nitrogens with one attached hydrogen (secondary N) is 1. The van der Waals surface area contributed by atoms with Gasteiger partial charge in [0.2, 0.25) is 5.91 Å². The Bertz CT molecular complexity index is 782. The first kappa shape index (κ1) is 21.6. The first-order valence-corrected chi connectivity index (χ1v) is 9.96. The number of hydrogen-bond donors (Lipinski definition) is 3. The molecule has 0 bridgehead atoms. The van der Waals surface area contributed by atoms with Crippen molar-refractivity contribution in [2.45, 2.75) is 52.6 Å². The Morgan fingerprint density at radius 3 is 2.11 bits per heavy atom. The molecule has 0 aliphatic heterocycles. The van der Waals surface area contributed by atoms with Crippen molar-refractivity contribution >= 4 is 17.5 Å². The van der Waals surface area contributed by atoms with E-state index in [4.69, 9.17) is 5.73 Å². The highest BCUT2D eigenvalue weighted by molar-refractivity contribution is 5.95. The summed E-state index contributed by atoms with van der Waals surface area (Å²) in [6.07, 6.45) is 2.22. The Hall–Kier alpha value is -2.66. The van der Waals surface area contributed by atoms with Crippen LogP contribution in [-0.4, -0.2) is 17.9 Å². The minimum atomic E-state index is -0.482. The minimum absolute atomic E-state index is 0.0694. The summed E-state index contributed by atoms with van der Waals surface area (Å²) in [5, 5.41) is 5.02. The average Bonchev–Trinajstić information content (AvgIpc) is 2.67. The molecule has 0 saturated carbocycles. The second-order valence-electron chi connectivity index (χ2n) is 7.67. The summed E-state index contributed by atoms with van der Waals surface area (Å²) >= 11 is 0. The molecule has 0 heterocycles. The number of nitrogens with two attached hydrogens (primary N) is 2. The van der Waals surface area contributed by atoms with Gasteiger partial charge in [-0.05, 0) is 43.2 Å².